The highest BCUT2D eigenvalue weighted by atomic mass is 16.5. The highest BCUT2D eigenvalue weighted by molar-refractivity contribution is 5.99. The van der Waals surface area contributed by atoms with Crippen LogP contribution in [0, 0.1) is 6.92 Å². The summed E-state index contributed by atoms with van der Waals surface area (Å²) in [6.07, 6.45) is 0.823. The molecule has 1 atom stereocenters. The summed E-state index contributed by atoms with van der Waals surface area (Å²) in [5.74, 6) is -0.0194. The molecule has 1 fully saturated rings. The number of carbonyl (C=O) groups is 1. The van der Waals surface area contributed by atoms with Crippen LogP contribution in [-0.2, 0) is 10.2 Å². The minimum Gasteiger partial charge on any atom is -0.450 e. The van der Waals surface area contributed by atoms with Crippen LogP contribution < -0.4 is 5.43 Å². The van der Waals surface area contributed by atoms with E-state index < -0.39 is 6.04 Å². The number of hydrogen-bond donors (Lipinski definition) is 0. The molecule has 0 spiro atoms. The highest BCUT2D eigenvalue weighted by Crippen LogP contribution is 2.39. The van der Waals surface area contributed by atoms with Gasteiger partial charge in [-0.2, -0.15) is 0 Å². The van der Waals surface area contributed by atoms with Crippen molar-refractivity contribution in [2.24, 2.45) is 0 Å². The van der Waals surface area contributed by atoms with Crippen molar-refractivity contribution in [3.8, 4) is 0 Å². The van der Waals surface area contributed by atoms with E-state index in [1.165, 1.54) is 5.56 Å². The lowest BCUT2D eigenvalue weighted by molar-refractivity contribution is 0.0353. The molecule has 0 radical (unpaired) electrons. The van der Waals surface area contributed by atoms with Crippen molar-refractivity contribution in [1.29, 1.82) is 0 Å². The Morgan fingerprint density at radius 3 is 2.37 bits per heavy atom. The molecule has 6 nitrogen and oxygen atoms in total. The quantitative estimate of drug-likeness (QED) is 0.538. The molecule has 3 aromatic rings. The van der Waals surface area contributed by atoms with Crippen molar-refractivity contribution < 1.29 is 13.9 Å². The molecule has 1 aromatic heterocycles. The van der Waals surface area contributed by atoms with Crippen molar-refractivity contribution in [2.75, 3.05) is 39.4 Å². The van der Waals surface area contributed by atoms with E-state index in [9.17, 15) is 9.59 Å². The molecule has 2 aromatic carbocycles. The van der Waals surface area contributed by atoms with E-state index in [4.69, 9.17) is 9.15 Å². The molecule has 2 aliphatic heterocycles. The molecule has 5 rings (SSSR count). The standard InChI is InChI=1S/C29H34N2O4/c1-19-6-11-23-22(18-19)26(32)24-25(20-7-9-21(10-8-20)29(2,3)4)31(28(33)27(24)35-23)13-5-12-30-14-16-34-17-15-30/h6-11,18,25H,5,12-17H2,1-4H3/t25-/m0/s1. The monoisotopic (exact) mass is 474 g/mol. The Hall–Kier alpha value is -2.96. The number of rotatable bonds is 5. The fourth-order valence-electron chi connectivity index (χ4n) is 5.17. The molecule has 1 saturated heterocycles. The van der Waals surface area contributed by atoms with Crippen molar-refractivity contribution in [3.05, 3.63) is 80.7 Å². The maximum absolute atomic E-state index is 13.7. The van der Waals surface area contributed by atoms with Crippen LogP contribution in [-0.4, -0.2) is 55.1 Å². The molecular formula is C29H34N2O4. The first-order chi connectivity index (χ1) is 16.7. The van der Waals surface area contributed by atoms with Crippen LogP contribution in [0.4, 0.5) is 0 Å². The molecule has 184 valence electrons. The third kappa shape index (κ3) is 4.53. The summed E-state index contributed by atoms with van der Waals surface area (Å²) in [7, 11) is 0. The van der Waals surface area contributed by atoms with Crippen molar-refractivity contribution in [2.45, 2.75) is 45.6 Å². The van der Waals surface area contributed by atoms with E-state index in [0.29, 0.717) is 23.1 Å². The van der Waals surface area contributed by atoms with Gasteiger partial charge in [0, 0.05) is 26.2 Å². The molecule has 1 amide bonds. The average Bonchev–Trinajstić information content (AvgIpc) is 3.12. The second kappa shape index (κ2) is 9.25. The van der Waals surface area contributed by atoms with Gasteiger partial charge in [0.05, 0.1) is 30.2 Å². The van der Waals surface area contributed by atoms with Crippen LogP contribution in [0.1, 0.15) is 66.0 Å². The molecule has 6 heteroatoms. The van der Waals surface area contributed by atoms with E-state index in [0.717, 1.165) is 50.4 Å². The van der Waals surface area contributed by atoms with E-state index in [2.05, 4.69) is 49.9 Å². The predicted molar refractivity (Wildman–Crippen MR) is 137 cm³/mol. The summed E-state index contributed by atoms with van der Waals surface area (Å²) in [6.45, 7) is 13.3. The van der Waals surface area contributed by atoms with Crippen molar-refractivity contribution in [3.63, 3.8) is 0 Å². The summed E-state index contributed by atoms with van der Waals surface area (Å²) >= 11 is 0. The van der Waals surface area contributed by atoms with Gasteiger partial charge >= 0.3 is 0 Å². The topological polar surface area (TPSA) is 63.0 Å². The minimum atomic E-state index is -0.447. The van der Waals surface area contributed by atoms with E-state index >= 15 is 0 Å². The maximum atomic E-state index is 13.7. The van der Waals surface area contributed by atoms with Gasteiger partial charge in [0.15, 0.2) is 5.43 Å². The molecular weight excluding hydrogens is 440 g/mol. The Bertz CT molecular complexity index is 1300. The van der Waals surface area contributed by atoms with Crippen LogP contribution in [0.3, 0.4) is 0 Å². The fraction of sp³-hybridized carbons (Fsp3) is 0.448. The van der Waals surface area contributed by atoms with Gasteiger partial charge in [0.1, 0.15) is 5.58 Å². The smallest absolute Gasteiger partial charge is 0.290 e. The summed E-state index contributed by atoms with van der Waals surface area (Å²) < 4.78 is 11.5. The fourth-order valence-corrected chi connectivity index (χ4v) is 5.17. The predicted octanol–water partition coefficient (Wildman–Crippen LogP) is 4.67. The highest BCUT2D eigenvalue weighted by Gasteiger charge is 2.42. The van der Waals surface area contributed by atoms with Crippen LogP contribution in [0.15, 0.2) is 51.7 Å². The van der Waals surface area contributed by atoms with Gasteiger partial charge < -0.3 is 14.1 Å². The number of benzene rings is 2. The molecule has 0 aliphatic carbocycles. The van der Waals surface area contributed by atoms with Crippen LogP contribution >= 0.6 is 0 Å². The number of nitrogens with zero attached hydrogens (tertiary/aromatic N) is 2. The summed E-state index contributed by atoms with van der Waals surface area (Å²) in [5.41, 5.74) is 3.97. The Morgan fingerprint density at radius 2 is 1.69 bits per heavy atom. The average molecular weight is 475 g/mol. The van der Waals surface area contributed by atoms with Crippen LogP contribution in [0.25, 0.3) is 11.0 Å². The molecule has 0 N–H and O–H groups in total. The summed E-state index contributed by atoms with van der Waals surface area (Å²) in [5, 5.41) is 0.531. The van der Waals surface area contributed by atoms with E-state index in [1.807, 2.05) is 24.0 Å². The zero-order valence-corrected chi connectivity index (χ0v) is 21.1. The Balaban J connectivity index is 1.54. The number of hydrogen-bond acceptors (Lipinski definition) is 5. The SMILES string of the molecule is Cc1ccc2oc3c(c(=O)c2c1)[C@H](c1ccc(C(C)(C)C)cc1)N(CCCN1CCOCC1)C3=O. The largest absolute Gasteiger partial charge is 0.450 e. The maximum Gasteiger partial charge on any atom is 0.290 e. The Morgan fingerprint density at radius 1 is 0.971 bits per heavy atom. The molecule has 35 heavy (non-hydrogen) atoms. The lowest BCUT2D eigenvalue weighted by Gasteiger charge is -2.29. The lowest BCUT2D eigenvalue weighted by Crippen LogP contribution is -2.38. The van der Waals surface area contributed by atoms with Crippen molar-refractivity contribution in [1.82, 2.24) is 9.80 Å². The number of fused-ring (bicyclic) bond motifs is 2. The van der Waals surface area contributed by atoms with Gasteiger partial charge in [-0.15, -0.1) is 0 Å². The van der Waals surface area contributed by atoms with Gasteiger partial charge in [-0.25, -0.2) is 0 Å². The van der Waals surface area contributed by atoms with Gasteiger partial charge in [0.2, 0.25) is 5.76 Å². The molecule has 0 bridgehead atoms. The lowest BCUT2D eigenvalue weighted by atomic mass is 9.86. The van der Waals surface area contributed by atoms with Gasteiger partial charge in [-0.1, -0.05) is 56.7 Å². The Labute approximate surface area is 206 Å². The number of aryl methyl sites for hydroxylation is 1. The first-order valence-corrected chi connectivity index (χ1v) is 12.5. The number of ether oxygens (including phenoxy) is 1. The third-order valence-corrected chi connectivity index (χ3v) is 7.19. The first kappa shape index (κ1) is 23.8. The van der Waals surface area contributed by atoms with Crippen LogP contribution in [0.2, 0.25) is 0 Å². The normalized spacial score (nSPS) is 18.9. The molecule has 0 unspecified atom stereocenters. The molecule has 3 heterocycles. The second-order valence-corrected chi connectivity index (χ2v) is 10.8. The van der Waals surface area contributed by atoms with E-state index in [-0.39, 0.29) is 22.5 Å². The van der Waals surface area contributed by atoms with Crippen LogP contribution in [0.5, 0.6) is 0 Å². The molecule has 2 aliphatic rings. The third-order valence-electron chi connectivity index (χ3n) is 7.19. The van der Waals surface area contributed by atoms with Gasteiger partial charge in [-0.3, -0.25) is 14.5 Å². The number of amides is 1. The van der Waals surface area contributed by atoms with Gasteiger partial charge in [0.25, 0.3) is 5.91 Å². The second-order valence-electron chi connectivity index (χ2n) is 10.8. The molecule has 0 saturated carbocycles. The Kier molecular flexibility index (Phi) is 6.28. The zero-order valence-electron chi connectivity index (χ0n) is 21.1. The van der Waals surface area contributed by atoms with Crippen molar-refractivity contribution >= 4 is 16.9 Å². The van der Waals surface area contributed by atoms with Gasteiger partial charge in [-0.05, 0) is 42.0 Å². The zero-order chi connectivity index (χ0) is 24.7. The first-order valence-electron chi connectivity index (χ1n) is 12.5. The summed E-state index contributed by atoms with van der Waals surface area (Å²) in [6, 6.07) is 13.4. The number of carbonyl (C=O) groups excluding carboxylic acids is 1. The minimum absolute atomic E-state index is 0.0204. The summed E-state index contributed by atoms with van der Waals surface area (Å²) in [4.78, 5) is 31.5. The van der Waals surface area contributed by atoms with E-state index in [1.54, 1.807) is 6.07 Å². The number of morpholine rings is 1.